The molecule has 0 aliphatic carbocycles. The van der Waals surface area contributed by atoms with E-state index < -0.39 is 5.97 Å². The number of hydrogen-bond acceptors (Lipinski definition) is 4. The highest BCUT2D eigenvalue weighted by Gasteiger charge is 2.14. The molecule has 0 saturated carbocycles. The van der Waals surface area contributed by atoms with Crippen LogP contribution in [0.3, 0.4) is 0 Å². The molecular formula is C13H9N3O3. The lowest BCUT2D eigenvalue weighted by Crippen LogP contribution is -2.07. The van der Waals surface area contributed by atoms with Gasteiger partial charge in [-0.25, -0.2) is 4.79 Å². The highest BCUT2D eigenvalue weighted by molar-refractivity contribution is 5.92. The zero-order chi connectivity index (χ0) is 13.4. The molecule has 19 heavy (non-hydrogen) atoms. The Kier molecular flexibility index (Phi) is 2.42. The van der Waals surface area contributed by atoms with Crippen molar-refractivity contribution >= 4 is 17.0 Å². The molecule has 0 atom stereocenters. The van der Waals surface area contributed by atoms with Crippen LogP contribution in [0.4, 0.5) is 0 Å². The molecule has 6 nitrogen and oxygen atoms in total. The number of aromatic carboxylic acids is 1. The third-order valence-electron chi connectivity index (χ3n) is 2.71. The summed E-state index contributed by atoms with van der Waals surface area (Å²) in [5.41, 5.74) is 1.56. The number of phenolic OH excluding ortho intramolecular Hbond substituents is 1. The lowest BCUT2D eigenvalue weighted by atomic mass is 10.2. The van der Waals surface area contributed by atoms with Crippen molar-refractivity contribution in [3.05, 3.63) is 48.0 Å². The van der Waals surface area contributed by atoms with Gasteiger partial charge in [0.25, 0.3) is 0 Å². The summed E-state index contributed by atoms with van der Waals surface area (Å²) in [4.78, 5) is 12.4. The van der Waals surface area contributed by atoms with E-state index >= 15 is 0 Å². The van der Waals surface area contributed by atoms with Crippen LogP contribution < -0.4 is 0 Å². The molecule has 94 valence electrons. The lowest BCUT2D eigenvalue weighted by Gasteiger charge is -2.04. The van der Waals surface area contributed by atoms with Gasteiger partial charge in [0.1, 0.15) is 22.5 Å². The predicted molar refractivity (Wildman–Crippen MR) is 67.5 cm³/mol. The smallest absolute Gasteiger partial charge is 0.337 e. The first-order valence-corrected chi connectivity index (χ1v) is 5.54. The Hall–Kier alpha value is -2.89. The summed E-state index contributed by atoms with van der Waals surface area (Å²) in [6, 6.07) is 11.2. The van der Waals surface area contributed by atoms with Gasteiger partial charge in [-0.15, -0.1) is 15.0 Å². The van der Waals surface area contributed by atoms with E-state index in [0.717, 1.165) is 0 Å². The number of aromatic hydroxyl groups is 1. The first kappa shape index (κ1) is 11.2. The average molecular weight is 255 g/mol. The lowest BCUT2D eigenvalue weighted by molar-refractivity contribution is 0.0696. The Balaban J connectivity index is 2.25. The second-order valence-corrected chi connectivity index (χ2v) is 3.98. The summed E-state index contributed by atoms with van der Waals surface area (Å²) >= 11 is 0. The molecule has 0 saturated heterocycles. The highest BCUT2D eigenvalue weighted by Crippen LogP contribution is 2.21. The second kappa shape index (κ2) is 4.09. The van der Waals surface area contributed by atoms with Crippen molar-refractivity contribution in [2.45, 2.75) is 0 Å². The third-order valence-corrected chi connectivity index (χ3v) is 2.71. The van der Waals surface area contributed by atoms with Crippen LogP contribution in [-0.4, -0.2) is 31.2 Å². The molecule has 3 aromatic rings. The second-order valence-electron chi connectivity index (χ2n) is 3.98. The zero-order valence-electron chi connectivity index (χ0n) is 9.69. The van der Waals surface area contributed by atoms with Crippen molar-refractivity contribution in [3.8, 4) is 11.4 Å². The van der Waals surface area contributed by atoms with Crippen LogP contribution in [-0.2, 0) is 0 Å². The maximum atomic E-state index is 11.2. The number of hydrogen-bond donors (Lipinski definition) is 2. The summed E-state index contributed by atoms with van der Waals surface area (Å²) in [5.74, 6) is -1.14. The quantitative estimate of drug-likeness (QED) is 0.729. The van der Waals surface area contributed by atoms with Crippen molar-refractivity contribution in [3.63, 3.8) is 0 Å². The number of aromatic nitrogens is 3. The molecule has 0 amide bonds. The first-order chi connectivity index (χ1) is 9.15. The minimum atomic E-state index is -1.10. The normalized spacial score (nSPS) is 10.7. The van der Waals surface area contributed by atoms with Gasteiger partial charge in [-0.2, -0.15) is 0 Å². The van der Waals surface area contributed by atoms with E-state index in [9.17, 15) is 9.90 Å². The maximum Gasteiger partial charge on any atom is 0.337 e. The molecule has 1 heterocycles. The van der Waals surface area contributed by atoms with Gasteiger partial charge in [-0.1, -0.05) is 12.1 Å². The molecule has 2 N–H and O–H groups in total. The van der Waals surface area contributed by atoms with Gasteiger partial charge >= 0.3 is 5.97 Å². The van der Waals surface area contributed by atoms with Crippen molar-refractivity contribution in [1.29, 1.82) is 0 Å². The Morgan fingerprint density at radius 3 is 2.26 bits per heavy atom. The van der Waals surface area contributed by atoms with Crippen molar-refractivity contribution in [1.82, 2.24) is 15.0 Å². The minimum absolute atomic E-state index is 0.0260. The zero-order valence-corrected chi connectivity index (χ0v) is 9.69. The predicted octanol–water partition coefficient (Wildman–Crippen LogP) is 1.82. The Bertz CT molecular complexity index is 747. The molecule has 0 aliphatic rings. The van der Waals surface area contributed by atoms with Crippen molar-refractivity contribution < 1.29 is 15.0 Å². The summed E-state index contributed by atoms with van der Waals surface area (Å²) in [6.45, 7) is 0. The van der Waals surface area contributed by atoms with Crippen LogP contribution >= 0.6 is 0 Å². The van der Waals surface area contributed by atoms with E-state index in [1.54, 1.807) is 12.1 Å². The standard InChI is InChI=1S/C13H9N3O3/c17-8-5-6-9(13(18)19)12(7-8)16-14-10-3-1-2-4-11(10)15-16/h1-7,17H,(H,18,19). The SMILES string of the molecule is O=C(O)c1ccc(O)cc1-n1nc2ccccc2n1. The van der Waals surface area contributed by atoms with E-state index in [4.69, 9.17) is 5.11 Å². The molecule has 0 fully saturated rings. The molecule has 0 bridgehead atoms. The summed E-state index contributed by atoms with van der Waals surface area (Å²) in [7, 11) is 0. The van der Waals surface area contributed by atoms with Crippen LogP contribution in [0.1, 0.15) is 10.4 Å². The first-order valence-electron chi connectivity index (χ1n) is 5.54. The van der Waals surface area contributed by atoms with Crippen LogP contribution in [0.15, 0.2) is 42.5 Å². The fraction of sp³-hybridized carbons (Fsp3) is 0. The van der Waals surface area contributed by atoms with Gasteiger partial charge in [0.2, 0.25) is 0 Å². The number of nitrogens with zero attached hydrogens (tertiary/aromatic N) is 3. The van der Waals surface area contributed by atoms with Gasteiger partial charge in [-0.3, -0.25) is 0 Å². The average Bonchev–Trinajstić information content (AvgIpc) is 2.81. The Morgan fingerprint density at radius 1 is 1.05 bits per heavy atom. The maximum absolute atomic E-state index is 11.2. The molecule has 6 heteroatoms. The van der Waals surface area contributed by atoms with Crippen molar-refractivity contribution in [2.24, 2.45) is 0 Å². The van der Waals surface area contributed by atoms with E-state index in [0.29, 0.717) is 11.0 Å². The largest absolute Gasteiger partial charge is 0.508 e. The number of benzene rings is 2. The number of phenols is 1. The fourth-order valence-corrected chi connectivity index (χ4v) is 1.83. The highest BCUT2D eigenvalue weighted by atomic mass is 16.4. The fourth-order valence-electron chi connectivity index (χ4n) is 1.83. The summed E-state index contributed by atoms with van der Waals surface area (Å²) < 4.78 is 0. The topological polar surface area (TPSA) is 88.2 Å². The van der Waals surface area contributed by atoms with Crippen LogP contribution in [0.5, 0.6) is 5.75 Å². The summed E-state index contributed by atoms with van der Waals surface area (Å²) in [6.07, 6.45) is 0. The number of carboxylic acid groups (broad SMARTS) is 1. The molecule has 0 radical (unpaired) electrons. The van der Waals surface area contributed by atoms with Gasteiger partial charge in [0.05, 0.1) is 5.56 Å². The molecule has 3 rings (SSSR count). The Labute approximate surface area is 107 Å². The van der Waals surface area contributed by atoms with Crippen LogP contribution in [0.25, 0.3) is 16.7 Å². The summed E-state index contributed by atoms with van der Waals surface area (Å²) in [5, 5.41) is 27.0. The van der Waals surface area contributed by atoms with E-state index in [2.05, 4.69) is 10.2 Å². The van der Waals surface area contributed by atoms with E-state index in [-0.39, 0.29) is 17.0 Å². The number of rotatable bonds is 2. The molecule has 0 unspecified atom stereocenters. The van der Waals surface area contributed by atoms with Crippen molar-refractivity contribution in [2.75, 3.05) is 0 Å². The van der Waals surface area contributed by atoms with Gasteiger partial charge in [0, 0.05) is 6.07 Å². The minimum Gasteiger partial charge on any atom is -0.508 e. The van der Waals surface area contributed by atoms with Crippen LogP contribution in [0.2, 0.25) is 0 Å². The molecule has 0 spiro atoms. The van der Waals surface area contributed by atoms with Gasteiger partial charge in [0.15, 0.2) is 0 Å². The molecule has 1 aromatic heterocycles. The van der Waals surface area contributed by atoms with Crippen LogP contribution in [0, 0.1) is 0 Å². The Morgan fingerprint density at radius 2 is 1.68 bits per heavy atom. The molecular weight excluding hydrogens is 246 g/mol. The monoisotopic (exact) mass is 255 g/mol. The van der Waals surface area contributed by atoms with Gasteiger partial charge < -0.3 is 10.2 Å². The third kappa shape index (κ3) is 1.89. The number of carboxylic acids is 1. The van der Waals surface area contributed by atoms with Gasteiger partial charge in [-0.05, 0) is 24.3 Å². The van der Waals surface area contributed by atoms with E-state index in [1.807, 2.05) is 12.1 Å². The van der Waals surface area contributed by atoms with E-state index in [1.165, 1.54) is 23.0 Å². The molecule has 0 aliphatic heterocycles. The number of carbonyl (C=O) groups is 1. The molecule has 2 aromatic carbocycles. The number of fused-ring (bicyclic) bond motifs is 1.